The van der Waals surface area contributed by atoms with Crippen LogP contribution in [0.25, 0.3) is 0 Å². The first-order valence-electron chi connectivity index (χ1n) is 9.05. The largest absolute Gasteiger partial charge is 0.334 e. The maximum atomic E-state index is 13.1. The van der Waals surface area contributed by atoms with Crippen LogP contribution in [0.4, 0.5) is 0 Å². The average molecular weight is 348 g/mol. The third-order valence-corrected chi connectivity index (χ3v) is 4.95. The highest BCUT2D eigenvalue weighted by atomic mass is 16.2. The number of benzene rings is 1. The summed E-state index contributed by atoms with van der Waals surface area (Å²) in [6.45, 7) is 4.50. The zero-order chi connectivity index (χ0) is 18.4. The number of pyridine rings is 1. The molecular weight excluding hydrogens is 324 g/mol. The van der Waals surface area contributed by atoms with Crippen LogP contribution in [0, 0.1) is 11.3 Å². The minimum Gasteiger partial charge on any atom is -0.334 e. The molecule has 1 aromatic carbocycles. The van der Waals surface area contributed by atoms with E-state index in [9.17, 15) is 4.79 Å². The number of aromatic nitrogens is 1. The van der Waals surface area contributed by atoms with Gasteiger partial charge in [0.1, 0.15) is 0 Å². The van der Waals surface area contributed by atoms with Gasteiger partial charge in [-0.25, -0.2) is 0 Å². The smallest absolute Gasteiger partial charge is 0.240 e. The molecule has 2 aromatic rings. The van der Waals surface area contributed by atoms with Crippen LogP contribution in [0.15, 0.2) is 48.7 Å². The number of carbonyl (C=O) groups excluding carboxylic acids is 1. The molecule has 0 bridgehead atoms. The van der Waals surface area contributed by atoms with E-state index in [-0.39, 0.29) is 11.9 Å². The monoisotopic (exact) mass is 348 g/mol. The molecular formula is C21H24N4O. The van der Waals surface area contributed by atoms with Crippen LogP contribution >= 0.6 is 0 Å². The SMILES string of the molecule is C[C@H](C(=O)N(CCC#N)Cc1ccccn1)N1CCc2ccccc2C1. The normalized spacial score (nSPS) is 14.9. The van der Waals surface area contributed by atoms with E-state index in [0.717, 1.165) is 25.2 Å². The van der Waals surface area contributed by atoms with E-state index in [1.165, 1.54) is 11.1 Å². The minimum absolute atomic E-state index is 0.0604. The molecule has 0 spiro atoms. The summed E-state index contributed by atoms with van der Waals surface area (Å²) in [4.78, 5) is 21.4. The summed E-state index contributed by atoms with van der Waals surface area (Å²) in [5.74, 6) is 0.0604. The molecule has 2 heterocycles. The van der Waals surface area contributed by atoms with Crippen molar-refractivity contribution >= 4 is 5.91 Å². The van der Waals surface area contributed by atoms with E-state index in [4.69, 9.17) is 5.26 Å². The molecule has 0 saturated heterocycles. The number of fused-ring (bicyclic) bond motifs is 1. The fourth-order valence-corrected chi connectivity index (χ4v) is 3.41. The summed E-state index contributed by atoms with van der Waals surface area (Å²) in [7, 11) is 0. The molecule has 0 radical (unpaired) electrons. The summed E-state index contributed by atoms with van der Waals surface area (Å²) in [6, 6.07) is 16.0. The number of amides is 1. The second kappa shape index (κ2) is 8.59. The standard InChI is InChI=1S/C21H24N4O/c1-17(24-14-10-18-7-2-3-8-19(18)15-24)21(26)25(13-6-11-22)16-20-9-4-5-12-23-20/h2-5,7-9,12,17H,6,10,13-16H2,1H3/t17-/m1/s1. The Balaban J connectivity index is 1.70. The van der Waals surface area contributed by atoms with Gasteiger partial charge >= 0.3 is 0 Å². The van der Waals surface area contributed by atoms with Gasteiger partial charge in [-0.1, -0.05) is 30.3 Å². The summed E-state index contributed by atoms with van der Waals surface area (Å²) in [5, 5.41) is 8.95. The van der Waals surface area contributed by atoms with Crippen LogP contribution < -0.4 is 0 Å². The molecule has 1 amide bonds. The lowest BCUT2D eigenvalue weighted by Gasteiger charge is -2.35. The molecule has 1 aliphatic rings. The van der Waals surface area contributed by atoms with Crippen molar-refractivity contribution in [1.82, 2.24) is 14.8 Å². The zero-order valence-corrected chi connectivity index (χ0v) is 15.1. The Labute approximate surface area is 154 Å². The van der Waals surface area contributed by atoms with Crippen molar-refractivity contribution in [2.45, 2.75) is 38.9 Å². The fourth-order valence-electron chi connectivity index (χ4n) is 3.41. The number of nitriles is 1. The molecule has 5 nitrogen and oxygen atoms in total. The van der Waals surface area contributed by atoms with E-state index >= 15 is 0 Å². The molecule has 26 heavy (non-hydrogen) atoms. The van der Waals surface area contributed by atoms with Gasteiger partial charge in [-0.3, -0.25) is 14.7 Å². The van der Waals surface area contributed by atoms with Crippen molar-refractivity contribution in [3.63, 3.8) is 0 Å². The average Bonchev–Trinajstić information content (AvgIpc) is 2.70. The van der Waals surface area contributed by atoms with Crippen molar-refractivity contribution in [2.75, 3.05) is 13.1 Å². The highest BCUT2D eigenvalue weighted by Gasteiger charge is 2.28. The molecule has 5 heteroatoms. The number of hydrogen-bond acceptors (Lipinski definition) is 4. The molecule has 0 fully saturated rings. The van der Waals surface area contributed by atoms with Gasteiger partial charge in [0.15, 0.2) is 0 Å². The van der Waals surface area contributed by atoms with Gasteiger partial charge in [-0.05, 0) is 36.6 Å². The Morgan fingerprint density at radius 2 is 2.04 bits per heavy atom. The maximum Gasteiger partial charge on any atom is 0.240 e. The number of carbonyl (C=O) groups is 1. The topological polar surface area (TPSA) is 60.2 Å². The van der Waals surface area contributed by atoms with Crippen LogP contribution in [-0.2, 0) is 24.3 Å². The summed E-state index contributed by atoms with van der Waals surface area (Å²) in [5.41, 5.74) is 3.51. The molecule has 0 unspecified atom stereocenters. The lowest BCUT2D eigenvalue weighted by Crippen LogP contribution is -2.48. The molecule has 1 aliphatic heterocycles. The fraction of sp³-hybridized carbons (Fsp3) is 0.381. The van der Waals surface area contributed by atoms with Gasteiger partial charge in [-0.15, -0.1) is 0 Å². The van der Waals surface area contributed by atoms with Crippen LogP contribution in [0.5, 0.6) is 0 Å². The number of hydrogen-bond donors (Lipinski definition) is 0. The lowest BCUT2D eigenvalue weighted by molar-refractivity contribution is -0.137. The molecule has 3 rings (SSSR count). The number of rotatable bonds is 6. The van der Waals surface area contributed by atoms with E-state index in [1.807, 2.05) is 25.1 Å². The van der Waals surface area contributed by atoms with Crippen molar-refractivity contribution in [3.8, 4) is 6.07 Å². The van der Waals surface area contributed by atoms with Crippen LogP contribution in [0.3, 0.4) is 0 Å². The van der Waals surface area contributed by atoms with Gasteiger partial charge in [0.2, 0.25) is 5.91 Å². The minimum atomic E-state index is -0.217. The molecule has 0 aliphatic carbocycles. The first kappa shape index (κ1) is 18.1. The van der Waals surface area contributed by atoms with Crippen molar-refractivity contribution < 1.29 is 4.79 Å². The third-order valence-electron chi connectivity index (χ3n) is 4.95. The highest BCUT2D eigenvalue weighted by molar-refractivity contribution is 5.81. The van der Waals surface area contributed by atoms with Crippen molar-refractivity contribution in [1.29, 1.82) is 5.26 Å². The van der Waals surface area contributed by atoms with Crippen LogP contribution in [0.2, 0.25) is 0 Å². The summed E-state index contributed by atoms with van der Waals surface area (Å²) >= 11 is 0. The van der Waals surface area contributed by atoms with E-state index in [2.05, 4.69) is 40.2 Å². The highest BCUT2D eigenvalue weighted by Crippen LogP contribution is 2.21. The van der Waals surface area contributed by atoms with Gasteiger partial charge in [-0.2, -0.15) is 5.26 Å². The van der Waals surface area contributed by atoms with E-state index < -0.39 is 0 Å². The second-order valence-corrected chi connectivity index (χ2v) is 6.65. The summed E-state index contributed by atoms with van der Waals surface area (Å²) < 4.78 is 0. The lowest BCUT2D eigenvalue weighted by atomic mass is 9.98. The third kappa shape index (κ3) is 4.27. The molecule has 134 valence electrons. The van der Waals surface area contributed by atoms with E-state index in [1.54, 1.807) is 11.1 Å². The van der Waals surface area contributed by atoms with E-state index in [0.29, 0.717) is 19.5 Å². The molecule has 1 atom stereocenters. The van der Waals surface area contributed by atoms with Crippen LogP contribution in [0.1, 0.15) is 30.2 Å². The van der Waals surface area contributed by atoms with Gasteiger partial charge in [0, 0.05) is 25.8 Å². The second-order valence-electron chi connectivity index (χ2n) is 6.65. The Morgan fingerprint density at radius 1 is 1.27 bits per heavy atom. The van der Waals surface area contributed by atoms with Gasteiger partial charge in [0.25, 0.3) is 0 Å². The first-order valence-corrected chi connectivity index (χ1v) is 9.05. The van der Waals surface area contributed by atoms with Crippen molar-refractivity contribution in [3.05, 3.63) is 65.5 Å². The quantitative estimate of drug-likeness (QED) is 0.805. The Hall–Kier alpha value is -2.71. The van der Waals surface area contributed by atoms with Crippen LogP contribution in [-0.4, -0.2) is 39.8 Å². The maximum absolute atomic E-state index is 13.1. The van der Waals surface area contributed by atoms with Gasteiger partial charge < -0.3 is 4.90 Å². The number of nitrogens with zero attached hydrogens (tertiary/aromatic N) is 4. The predicted octanol–water partition coefficient (Wildman–Crippen LogP) is 2.77. The summed E-state index contributed by atoms with van der Waals surface area (Å²) in [6.07, 6.45) is 3.02. The zero-order valence-electron chi connectivity index (χ0n) is 15.1. The first-order chi connectivity index (χ1) is 12.7. The Morgan fingerprint density at radius 3 is 2.77 bits per heavy atom. The van der Waals surface area contributed by atoms with Crippen molar-refractivity contribution in [2.24, 2.45) is 0 Å². The molecule has 1 aromatic heterocycles. The molecule has 0 N–H and O–H groups in total. The predicted molar refractivity (Wildman–Crippen MR) is 99.9 cm³/mol. The molecule has 0 saturated carbocycles. The Bertz CT molecular complexity index is 784. The van der Waals surface area contributed by atoms with Gasteiger partial charge in [0.05, 0.1) is 30.8 Å². The Kier molecular flexibility index (Phi) is 5.98.